The van der Waals surface area contributed by atoms with E-state index in [2.05, 4.69) is 77.7 Å². The van der Waals surface area contributed by atoms with Crippen molar-refractivity contribution < 1.29 is 28.6 Å². The lowest BCUT2D eigenvalue weighted by Crippen LogP contribution is -2.08. The number of fused-ring (bicyclic) bond motifs is 3. The summed E-state index contributed by atoms with van der Waals surface area (Å²) in [5, 5.41) is 17.4. The molecule has 0 unspecified atom stereocenters. The molecule has 3 aromatic heterocycles. The fraction of sp³-hybridized carbons (Fsp3) is 0.172. The number of ether oxygens (including phenoxy) is 3. The number of carbonyl (C=O) groups is 3. The number of benzene rings is 3. The molecular formula is C29H25Br3N6O6. The summed E-state index contributed by atoms with van der Waals surface area (Å²) in [7, 11) is 7.56. The monoisotopic (exact) mass is 790 g/mol. The van der Waals surface area contributed by atoms with Gasteiger partial charge in [0.1, 0.15) is 11.0 Å². The number of nitrogens with one attached hydrogen (secondary N) is 1. The fourth-order valence-electron chi connectivity index (χ4n) is 4.32. The van der Waals surface area contributed by atoms with Gasteiger partial charge in [-0.3, -0.25) is 14.5 Å². The number of methoxy groups -OCH3 is 3. The molecule has 0 bridgehead atoms. The van der Waals surface area contributed by atoms with Gasteiger partial charge in [-0.2, -0.15) is 15.3 Å². The quantitative estimate of drug-likeness (QED) is 0.160. The minimum atomic E-state index is -0.418. The molecule has 0 amide bonds. The molecule has 0 spiro atoms. The predicted octanol–water partition coefficient (Wildman–Crippen LogP) is 6.36. The number of hydrogen-bond acceptors (Lipinski definition) is 9. The van der Waals surface area contributed by atoms with Crippen LogP contribution in [0.3, 0.4) is 0 Å². The Morgan fingerprint density at radius 3 is 1.82 bits per heavy atom. The summed E-state index contributed by atoms with van der Waals surface area (Å²) in [6, 6.07) is 16.7. The maximum Gasteiger partial charge on any atom is 0.359 e. The number of aromatic nitrogens is 6. The summed E-state index contributed by atoms with van der Waals surface area (Å²) in [5.41, 5.74) is 3.57. The molecule has 0 aliphatic rings. The van der Waals surface area contributed by atoms with Crippen molar-refractivity contribution in [3.8, 4) is 0 Å². The second-order valence-electron chi connectivity index (χ2n) is 8.93. The highest BCUT2D eigenvalue weighted by atomic mass is 79.9. The first-order chi connectivity index (χ1) is 21.0. The number of rotatable bonds is 3. The molecule has 228 valence electrons. The Hall–Kier alpha value is -4.08. The van der Waals surface area contributed by atoms with Crippen LogP contribution in [0.4, 0.5) is 0 Å². The SMILES string of the molecule is COC(=O)c1[nH]nc2c(Br)cccc12.COC(=O)c1c2cccc(Br)c2nn1C.COC(=O)c1nn(C)c2c(Br)cccc12. The van der Waals surface area contributed by atoms with Crippen LogP contribution in [0.2, 0.25) is 0 Å². The zero-order chi connectivity index (χ0) is 32.1. The molecule has 3 heterocycles. The van der Waals surface area contributed by atoms with Gasteiger partial charge in [-0.25, -0.2) is 14.4 Å². The van der Waals surface area contributed by atoms with Gasteiger partial charge in [-0.1, -0.05) is 36.4 Å². The molecule has 0 atom stereocenters. The van der Waals surface area contributed by atoms with Gasteiger partial charge in [0.15, 0.2) is 17.1 Å². The van der Waals surface area contributed by atoms with Crippen LogP contribution in [0, 0.1) is 0 Å². The molecule has 0 aliphatic heterocycles. The molecular weight excluding hydrogens is 768 g/mol. The van der Waals surface area contributed by atoms with Crippen molar-refractivity contribution in [2.24, 2.45) is 14.1 Å². The van der Waals surface area contributed by atoms with Crippen molar-refractivity contribution >= 4 is 98.4 Å². The van der Waals surface area contributed by atoms with E-state index in [9.17, 15) is 14.4 Å². The number of aromatic amines is 1. The third-order valence-corrected chi connectivity index (χ3v) is 8.23. The predicted molar refractivity (Wildman–Crippen MR) is 175 cm³/mol. The molecule has 0 saturated heterocycles. The van der Waals surface area contributed by atoms with Gasteiger partial charge in [-0.15, -0.1) is 0 Å². The number of carbonyl (C=O) groups excluding carboxylic acids is 3. The summed E-state index contributed by atoms with van der Waals surface area (Å²) < 4.78 is 19.8. The van der Waals surface area contributed by atoms with Crippen molar-refractivity contribution in [3.63, 3.8) is 0 Å². The van der Waals surface area contributed by atoms with Gasteiger partial charge in [0.25, 0.3) is 0 Å². The van der Waals surface area contributed by atoms with E-state index in [1.165, 1.54) is 26.0 Å². The van der Waals surface area contributed by atoms with Gasteiger partial charge >= 0.3 is 17.9 Å². The van der Waals surface area contributed by atoms with Crippen molar-refractivity contribution in [1.82, 2.24) is 29.8 Å². The fourth-order valence-corrected chi connectivity index (χ4v) is 5.84. The van der Waals surface area contributed by atoms with Crippen molar-refractivity contribution in [2.75, 3.05) is 21.3 Å². The topological polar surface area (TPSA) is 143 Å². The first-order valence-electron chi connectivity index (χ1n) is 12.6. The van der Waals surface area contributed by atoms with Crippen molar-refractivity contribution in [1.29, 1.82) is 0 Å². The molecule has 12 nitrogen and oxygen atoms in total. The molecule has 0 fully saturated rings. The number of hydrogen-bond donors (Lipinski definition) is 1. The highest BCUT2D eigenvalue weighted by Gasteiger charge is 2.19. The van der Waals surface area contributed by atoms with Gasteiger partial charge in [0.2, 0.25) is 0 Å². The minimum absolute atomic E-state index is 0.344. The summed E-state index contributed by atoms with van der Waals surface area (Å²) in [6.45, 7) is 0. The molecule has 15 heteroatoms. The highest BCUT2D eigenvalue weighted by molar-refractivity contribution is 9.11. The molecule has 6 aromatic rings. The number of para-hydroxylation sites is 2. The molecule has 1 N–H and O–H groups in total. The Bertz CT molecular complexity index is 2010. The van der Waals surface area contributed by atoms with Crippen LogP contribution >= 0.6 is 47.8 Å². The average molecular weight is 793 g/mol. The molecule has 0 saturated carbocycles. The lowest BCUT2D eigenvalue weighted by atomic mass is 10.2. The number of H-pyrrole nitrogens is 1. The lowest BCUT2D eigenvalue weighted by molar-refractivity contribution is 0.0583. The minimum Gasteiger partial charge on any atom is -0.464 e. The van der Waals surface area contributed by atoms with Crippen LogP contribution in [0.15, 0.2) is 68.0 Å². The number of halogens is 3. The van der Waals surface area contributed by atoms with E-state index in [0.717, 1.165) is 46.1 Å². The van der Waals surface area contributed by atoms with E-state index >= 15 is 0 Å². The molecule has 3 aromatic carbocycles. The zero-order valence-electron chi connectivity index (χ0n) is 24.0. The molecule has 6 rings (SSSR count). The maximum atomic E-state index is 11.5. The van der Waals surface area contributed by atoms with Crippen LogP contribution in [0.1, 0.15) is 31.5 Å². The van der Waals surface area contributed by atoms with E-state index in [0.29, 0.717) is 17.1 Å². The molecule has 0 radical (unpaired) electrons. The largest absolute Gasteiger partial charge is 0.464 e. The third-order valence-electron chi connectivity index (χ3n) is 6.31. The normalized spacial score (nSPS) is 10.5. The van der Waals surface area contributed by atoms with Gasteiger partial charge < -0.3 is 14.2 Å². The van der Waals surface area contributed by atoms with Crippen LogP contribution < -0.4 is 0 Å². The Balaban J connectivity index is 0.000000151. The maximum absolute atomic E-state index is 11.5. The smallest absolute Gasteiger partial charge is 0.359 e. The van der Waals surface area contributed by atoms with E-state index in [4.69, 9.17) is 4.74 Å². The summed E-state index contributed by atoms with van der Waals surface area (Å²) in [5.74, 6) is -1.21. The van der Waals surface area contributed by atoms with Crippen LogP contribution in [0.25, 0.3) is 32.7 Å². The Morgan fingerprint density at radius 1 is 0.659 bits per heavy atom. The summed E-state index contributed by atoms with van der Waals surface area (Å²) in [6.07, 6.45) is 0. The summed E-state index contributed by atoms with van der Waals surface area (Å²) in [4.78, 5) is 34.3. The lowest BCUT2D eigenvalue weighted by Gasteiger charge is -1.99. The van der Waals surface area contributed by atoms with Gasteiger partial charge in [0.05, 0.1) is 26.8 Å². The van der Waals surface area contributed by atoms with Crippen molar-refractivity contribution in [2.45, 2.75) is 0 Å². The molecule has 0 aliphatic carbocycles. The first kappa shape index (κ1) is 32.8. The first-order valence-corrected chi connectivity index (χ1v) is 15.0. The summed E-state index contributed by atoms with van der Waals surface area (Å²) >= 11 is 10.2. The van der Waals surface area contributed by atoms with Crippen molar-refractivity contribution in [3.05, 3.63) is 85.1 Å². The number of aryl methyl sites for hydroxylation is 2. The van der Waals surface area contributed by atoms with Gasteiger partial charge in [-0.05, 0) is 66.0 Å². The molecule has 44 heavy (non-hydrogen) atoms. The second-order valence-corrected chi connectivity index (χ2v) is 11.5. The van der Waals surface area contributed by atoms with E-state index in [-0.39, 0.29) is 5.97 Å². The van der Waals surface area contributed by atoms with E-state index < -0.39 is 11.9 Å². The standard InChI is InChI=1S/2C10H9BrN2O2.C9H7BrN2O2/c1-13-9-6(4-3-5-7(9)11)8(12-13)10(14)15-2;1-13-9(10(14)15-2)6-4-3-5-7(11)8(6)12-13;1-14-9(13)8-5-3-2-4-6(10)7(5)11-12-8/h2*3-5H,1-2H3;2-4H,1H3,(H,11,12). The third kappa shape index (κ3) is 6.54. The number of nitrogens with zero attached hydrogens (tertiary/aromatic N) is 5. The average Bonchev–Trinajstić information content (AvgIpc) is 3.71. The van der Waals surface area contributed by atoms with Crippen LogP contribution in [-0.2, 0) is 28.3 Å². The highest BCUT2D eigenvalue weighted by Crippen LogP contribution is 2.27. The van der Waals surface area contributed by atoms with E-state index in [1.807, 2.05) is 54.6 Å². The van der Waals surface area contributed by atoms with Crippen LogP contribution in [0.5, 0.6) is 0 Å². The van der Waals surface area contributed by atoms with Gasteiger partial charge in [0, 0.05) is 43.7 Å². The second kappa shape index (κ2) is 14.1. The number of esters is 3. The zero-order valence-corrected chi connectivity index (χ0v) is 28.8. The Labute approximate surface area is 276 Å². The Morgan fingerprint density at radius 2 is 1.20 bits per heavy atom. The van der Waals surface area contributed by atoms with Crippen LogP contribution in [-0.4, -0.2) is 69.0 Å². The Kier molecular flexibility index (Phi) is 10.5. The van der Waals surface area contributed by atoms with E-state index in [1.54, 1.807) is 18.8 Å².